The van der Waals surface area contributed by atoms with Crippen molar-refractivity contribution < 1.29 is 9.53 Å². The van der Waals surface area contributed by atoms with Crippen LogP contribution in [0.25, 0.3) is 0 Å². The van der Waals surface area contributed by atoms with Gasteiger partial charge in [0, 0.05) is 19.1 Å². The summed E-state index contributed by atoms with van der Waals surface area (Å²) < 4.78 is 5.94. The van der Waals surface area contributed by atoms with Gasteiger partial charge in [-0.25, -0.2) is 0 Å². The number of thioether (sulfide) groups is 1. The van der Waals surface area contributed by atoms with Crippen molar-refractivity contribution in [3.8, 4) is 11.5 Å². The maximum atomic E-state index is 12.9. The van der Waals surface area contributed by atoms with E-state index in [-0.39, 0.29) is 17.2 Å². The predicted octanol–water partition coefficient (Wildman–Crippen LogP) is 4.93. The minimum Gasteiger partial charge on any atom is -0.457 e. The number of benzene rings is 3. The minimum absolute atomic E-state index is 0.0703. The number of para-hydroxylation sites is 1. The van der Waals surface area contributed by atoms with Gasteiger partial charge in [-0.15, -0.1) is 11.8 Å². The SMILES string of the molecule is O=C1N[C@@H](CNCc2ccccc2)CCS[C@H]1c1cccc(Oc2ccccc2)c1. The van der Waals surface area contributed by atoms with Crippen LogP contribution in [0.2, 0.25) is 0 Å². The highest BCUT2D eigenvalue weighted by molar-refractivity contribution is 8.00. The van der Waals surface area contributed by atoms with E-state index in [1.54, 1.807) is 11.8 Å². The van der Waals surface area contributed by atoms with Crippen molar-refractivity contribution in [1.82, 2.24) is 10.6 Å². The molecule has 2 atom stereocenters. The molecule has 3 aromatic carbocycles. The van der Waals surface area contributed by atoms with E-state index in [1.807, 2.05) is 72.8 Å². The number of nitrogens with one attached hydrogen (secondary N) is 2. The van der Waals surface area contributed by atoms with E-state index in [2.05, 4.69) is 22.8 Å². The van der Waals surface area contributed by atoms with Crippen LogP contribution in [-0.2, 0) is 11.3 Å². The Bertz CT molecular complexity index is 950. The lowest BCUT2D eigenvalue weighted by atomic mass is 10.1. The highest BCUT2D eigenvalue weighted by Crippen LogP contribution is 2.34. The van der Waals surface area contributed by atoms with Crippen LogP contribution in [-0.4, -0.2) is 24.2 Å². The summed E-state index contributed by atoms with van der Waals surface area (Å²) in [5.41, 5.74) is 2.23. The van der Waals surface area contributed by atoms with Gasteiger partial charge in [0.25, 0.3) is 0 Å². The molecule has 3 aromatic rings. The van der Waals surface area contributed by atoms with Gasteiger partial charge >= 0.3 is 0 Å². The van der Waals surface area contributed by atoms with Gasteiger partial charge in [-0.1, -0.05) is 60.7 Å². The second-order valence-corrected chi connectivity index (χ2v) is 8.56. The summed E-state index contributed by atoms with van der Waals surface area (Å²) >= 11 is 1.70. The summed E-state index contributed by atoms with van der Waals surface area (Å²) in [5.74, 6) is 2.54. The fraction of sp³-hybridized carbons (Fsp3) is 0.240. The van der Waals surface area contributed by atoms with Crippen LogP contribution < -0.4 is 15.4 Å². The number of hydrogen-bond donors (Lipinski definition) is 2. The smallest absolute Gasteiger partial charge is 0.237 e. The van der Waals surface area contributed by atoms with Crippen molar-refractivity contribution in [3.63, 3.8) is 0 Å². The second-order valence-electron chi connectivity index (χ2n) is 7.35. The Morgan fingerprint density at radius 2 is 1.67 bits per heavy atom. The van der Waals surface area contributed by atoms with Crippen LogP contribution in [0.5, 0.6) is 11.5 Å². The molecular weight excluding hydrogens is 392 g/mol. The maximum absolute atomic E-state index is 12.9. The van der Waals surface area contributed by atoms with E-state index in [0.717, 1.165) is 42.3 Å². The molecule has 1 saturated heterocycles. The standard InChI is InChI=1S/C25H26N2O2S/c28-25-24(20-10-7-13-23(16-20)29-22-11-5-2-6-12-22)30-15-14-21(27-25)18-26-17-19-8-3-1-4-9-19/h1-13,16,21,24,26H,14-15,17-18H2,(H,27,28)/t21-,24+/m1/s1. The molecule has 30 heavy (non-hydrogen) atoms. The summed E-state index contributed by atoms with van der Waals surface area (Å²) in [6.45, 7) is 1.58. The van der Waals surface area contributed by atoms with E-state index in [0.29, 0.717) is 0 Å². The molecule has 0 saturated carbocycles. The molecule has 4 nitrogen and oxygen atoms in total. The number of carbonyl (C=O) groups is 1. The summed E-state index contributed by atoms with van der Waals surface area (Å²) in [5, 5.41) is 6.47. The lowest BCUT2D eigenvalue weighted by Gasteiger charge is -2.18. The van der Waals surface area contributed by atoms with E-state index in [4.69, 9.17) is 4.74 Å². The van der Waals surface area contributed by atoms with E-state index < -0.39 is 0 Å². The van der Waals surface area contributed by atoms with Gasteiger partial charge in [-0.3, -0.25) is 4.79 Å². The van der Waals surface area contributed by atoms with E-state index >= 15 is 0 Å². The molecule has 1 heterocycles. The number of rotatable bonds is 7. The lowest BCUT2D eigenvalue weighted by Crippen LogP contribution is -2.42. The van der Waals surface area contributed by atoms with Crippen molar-refractivity contribution in [1.29, 1.82) is 0 Å². The molecule has 2 N–H and O–H groups in total. The highest BCUT2D eigenvalue weighted by atomic mass is 32.2. The first-order valence-electron chi connectivity index (χ1n) is 10.3. The van der Waals surface area contributed by atoms with Crippen molar-refractivity contribution in [2.24, 2.45) is 0 Å². The molecule has 4 rings (SSSR count). The Kier molecular flexibility index (Phi) is 7.06. The molecule has 1 aliphatic heterocycles. The number of amides is 1. The molecule has 154 valence electrons. The van der Waals surface area contributed by atoms with Gasteiger partial charge in [0.2, 0.25) is 5.91 Å². The number of ether oxygens (including phenoxy) is 1. The Labute approximate surface area is 182 Å². The van der Waals surface area contributed by atoms with Crippen LogP contribution in [0.3, 0.4) is 0 Å². The summed E-state index contributed by atoms with van der Waals surface area (Å²) in [6.07, 6.45) is 0.953. The zero-order valence-corrected chi connectivity index (χ0v) is 17.6. The molecule has 0 aliphatic carbocycles. The van der Waals surface area contributed by atoms with Gasteiger partial charge in [0.15, 0.2) is 0 Å². The van der Waals surface area contributed by atoms with E-state index in [9.17, 15) is 4.79 Å². The third kappa shape index (κ3) is 5.65. The third-order valence-corrected chi connectivity index (χ3v) is 6.33. The topological polar surface area (TPSA) is 50.4 Å². The van der Waals surface area contributed by atoms with Crippen LogP contribution in [0.1, 0.15) is 22.8 Å². The maximum Gasteiger partial charge on any atom is 0.237 e. The molecule has 1 fully saturated rings. The van der Waals surface area contributed by atoms with Crippen molar-refractivity contribution in [3.05, 3.63) is 96.1 Å². The summed E-state index contributed by atoms with van der Waals surface area (Å²) in [6, 6.07) is 28.0. The van der Waals surface area contributed by atoms with Gasteiger partial charge < -0.3 is 15.4 Å². The fourth-order valence-corrected chi connectivity index (χ4v) is 4.72. The monoisotopic (exact) mass is 418 g/mol. The molecule has 0 unspecified atom stereocenters. The zero-order chi connectivity index (χ0) is 20.6. The minimum atomic E-state index is -0.219. The highest BCUT2D eigenvalue weighted by Gasteiger charge is 2.27. The second kappa shape index (κ2) is 10.3. The molecule has 0 radical (unpaired) electrons. The molecule has 1 amide bonds. The normalized spacial score (nSPS) is 19.0. The average Bonchev–Trinajstić information content (AvgIpc) is 2.96. The largest absolute Gasteiger partial charge is 0.457 e. The Morgan fingerprint density at radius 1 is 0.933 bits per heavy atom. The van der Waals surface area contributed by atoms with Crippen molar-refractivity contribution in [2.45, 2.75) is 24.3 Å². The van der Waals surface area contributed by atoms with E-state index in [1.165, 1.54) is 5.56 Å². The number of carbonyl (C=O) groups excluding carboxylic acids is 1. The fourth-order valence-electron chi connectivity index (χ4n) is 3.51. The molecule has 0 aromatic heterocycles. The Balaban J connectivity index is 1.35. The molecule has 0 bridgehead atoms. The first kappa shape index (κ1) is 20.5. The lowest BCUT2D eigenvalue weighted by molar-refractivity contribution is -0.121. The summed E-state index contributed by atoms with van der Waals surface area (Å²) in [7, 11) is 0. The summed E-state index contributed by atoms with van der Waals surface area (Å²) in [4.78, 5) is 12.9. The molecule has 5 heteroatoms. The van der Waals surface area contributed by atoms with Crippen LogP contribution in [0.15, 0.2) is 84.9 Å². The van der Waals surface area contributed by atoms with Gasteiger partial charge in [-0.05, 0) is 47.6 Å². The molecule has 0 spiro atoms. The first-order valence-corrected chi connectivity index (χ1v) is 11.3. The van der Waals surface area contributed by atoms with Gasteiger partial charge in [0.1, 0.15) is 16.7 Å². The Hall–Kier alpha value is -2.76. The third-order valence-electron chi connectivity index (χ3n) is 5.04. The number of hydrogen-bond acceptors (Lipinski definition) is 4. The average molecular weight is 419 g/mol. The molecular formula is C25H26N2O2S. The van der Waals surface area contributed by atoms with Crippen LogP contribution >= 0.6 is 11.8 Å². The quantitative estimate of drug-likeness (QED) is 0.571. The first-order chi connectivity index (χ1) is 14.8. The zero-order valence-electron chi connectivity index (χ0n) is 16.8. The van der Waals surface area contributed by atoms with Gasteiger partial charge in [0.05, 0.1) is 0 Å². The van der Waals surface area contributed by atoms with Crippen molar-refractivity contribution in [2.75, 3.05) is 12.3 Å². The predicted molar refractivity (Wildman–Crippen MR) is 123 cm³/mol. The van der Waals surface area contributed by atoms with Crippen molar-refractivity contribution >= 4 is 17.7 Å². The van der Waals surface area contributed by atoms with Crippen LogP contribution in [0, 0.1) is 0 Å². The Morgan fingerprint density at radius 3 is 2.47 bits per heavy atom. The van der Waals surface area contributed by atoms with Crippen LogP contribution in [0.4, 0.5) is 0 Å². The molecule has 1 aliphatic rings. The van der Waals surface area contributed by atoms with Gasteiger partial charge in [-0.2, -0.15) is 0 Å².